The summed E-state index contributed by atoms with van der Waals surface area (Å²) < 4.78 is 0.904. The average molecular weight is 369 g/mol. The minimum absolute atomic E-state index is 0. The average Bonchev–Trinajstić information content (AvgIpc) is 2.83. The molecule has 1 aliphatic heterocycles. The molecule has 19 heavy (non-hydrogen) atoms. The third-order valence-corrected chi connectivity index (χ3v) is 4.29. The second-order valence-corrected chi connectivity index (χ2v) is 6.38. The third-order valence-electron chi connectivity index (χ3n) is 2.67. The molecule has 1 saturated heterocycles. The molecule has 2 rings (SSSR count). The minimum Gasteiger partial charge on any atom is -0.342 e. The van der Waals surface area contributed by atoms with Gasteiger partial charge < -0.3 is 15.5 Å². The van der Waals surface area contributed by atoms with Gasteiger partial charge in [-0.2, -0.15) is 0 Å². The number of hydrogen-bond acceptors (Lipinski definition) is 4. The zero-order valence-corrected chi connectivity index (χ0v) is 13.4. The molecule has 106 valence electrons. The fourth-order valence-electron chi connectivity index (χ4n) is 1.71. The van der Waals surface area contributed by atoms with E-state index in [9.17, 15) is 9.59 Å². The van der Waals surface area contributed by atoms with E-state index in [2.05, 4.69) is 26.6 Å². The van der Waals surface area contributed by atoms with E-state index >= 15 is 0 Å². The fraction of sp³-hybridized carbons (Fsp3) is 0.455. The molecular formula is C11H15BrClN3O2S. The molecule has 2 heterocycles. The lowest BCUT2D eigenvalue weighted by molar-refractivity contribution is -0.130. The molecule has 1 aliphatic rings. The second-order valence-electron chi connectivity index (χ2n) is 3.92. The van der Waals surface area contributed by atoms with Crippen molar-refractivity contribution in [2.75, 3.05) is 32.7 Å². The maximum Gasteiger partial charge on any atom is 0.261 e. The fourth-order valence-corrected chi connectivity index (χ4v) is 3.01. The maximum absolute atomic E-state index is 11.8. The van der Waals surface area contributed by atoms with Crippen molar-refractivity contribution in [3.63, 3.8) is 0 Å². The summed E-state index contributed by atoms with van der Waals surface area (Å²) in [6.45, 7) is 3.11. The van der Waals surface area contributed by atoms with Crippen molar-refractivity contribution in [1.29, 1.82) is 0 Å². The Hall–Kier alpha value is -0.630. The zero-order valence-electron chi connectivity index (χ0n) is 10.1. The van der Waals surface area contributed by atoms with Crippen LogP contribution in [0.15, 0.2) is 15.9 Å². The van der Waals surface area contributed by atoms with Gasteiger partial charge in [-0.15, -0.1) is 23.7 Å². The summed E-state index contributed by atoms with van der Waals surface area (Å²) >= 11 is 4.65. The number of carbonyl (C=O) groups excluding carboxylic acids is 2. The van der Waals surface area contributed by atoms with Gasteiger partial charge in [-0.05, 0) is 28.1 Å². The Bertz CT molecular complexity index is 449. The molecule has 2 amide bonds. The number of piperazine rings is 1. The van der Waals surface area contributed by atoms with Crippen LogP contribution in [-0.2, 0) is 4.79 Å². The van der Waals surface area contributed by atoms with E-state index in [4.69, 9.17) is 0 Å². The van der Waals surface area contributed by atoms with Gasteiger partial charge in [-0.1, -0.05) is 0 Å². The lowest BCUT2D eigenvalue weighted by Gasteiger charge is -2.27. The van der Waals surface area contributed by atoms with Crippen LogP contribution in [0.2, 0.25) is 0 Å². The van der Waals surface area contributed by atoms with Gasteiger partial charge in [-0.3, -0.25) is 9.59 Å². The highest BCUT2D eigenvalue weighted by Gasteiger charge is 2.17. The van der Waals surface area contributed by atoms with E-state index in [-0.39, 0.29) is 30.8 Å². The van der Waals surface area contributed by atoms with E-state index in [0.29, 0.717) is 18.0 Å². The van der Waals surface area contributed by atoms with Crippen LogP contribution in [0, 0.1) is 0 Å². The Morgan fingerprint density at radius 1 is 1.37 bits per heavy atom. The lowest BCUT2D eigenvalue weighted by atomic mass is 10.3. The largest absolute Gasteiger partial charge is 0.342 e. The molecule has 5 nitrogen and oxygen atoms in total. The van der Waals surface area contributed by atoms with E-state index in [1.54, 1.807) is 11.0 Å². The van der Waals surface area contributed by atoms with Crippen LogP contribution < -0.4 is 10.6 Å². The van der Waals surface area contributed by atoms with Gasteiger partial charge in [0.15, 0.2) is 0 Å². The molecule has 1 fully saturated rings. The molecule has 0 atom stereocenters. The standard InChI is InChI=1S/C11H14BrN3O2S.ClH/c12-9-2-1-8(18-9)11(17)14-7-10(16)15-5-3-13-4-6-15;/h1-2,13H,3-7H2,(H,14,17);1H. The highest BCUT2D eigenvalue weighted by Crippen LogP contribution is 2.21. The van der Waals surface area contributed by atoms with Crippen LogP contribution >= 0.6 is 39.7 Å². The van der Waals surface area contributed by atoms with Crippen molar-refractivity contribution in [1.82, 2.24) is 15.5 Å². The quantitative estimate of drug-likeness (QED) is 0.840. The van der Waals surface area contributed by atoms with E-state index in [0.717, 1.165) is 16.9 Å². The van der Waals surface area contributed by atoms with Crippen LogP contribution in [0.4, 0.5) is 0 Å². The number of nitrogens with zero attached hydrogens (tertiary/aromatic N) is 1. The van der Waals surface area contributed by atoms with Crippen LogP contribution in [0.5, 0.6) is 0 Å². The van der Waals surface area contributed by atoms with Crippen LogP contribution in [-0.4, -0.2) is 49.4 Å². The first-order valence-corrected chi connectivity index (χ1v) is 7.30. The molecule has 0 saturated carbocycles. The summed E-state index contributed by atoms with van der Waals surface area (Å²) in [5.41, 5.74) is 0. The Labute approximate surface area is 130 Å². The predicted octanol–water partition coefficient (Wildman–Crippen LogP) is 1.09. The Kier molecular flexibility index (Phi) is 6.78. The van der Waals surface area contributed by atoms with Crippen molar-refractivity contribution in [2.45, 2.75) is 0 Å². The van der Waals surface area contributed by atoms with Crippen molar-refractivity contribution in [3.05, 3.63) is 20.8 Å². The number of hydrogen-bond donors (Lipinski definition) is 2. The summed E-state index contributed by atoms with van der Waals surface area (Å²) in [6, 6.07) is 3.55. The smallest absolute Gasteiger partial charge is 0.261 e. The van der Waals surface area contributed by atoms with Gasteiger partial charge in [0.05, 0.1) is 15.2 Å². The molecule has 1 aromatic rings. The van der Waals surface area contributed by atoms with Crippen LogP contribution in [0.3, 0.4) is 0 Å². The monoisotopic (exact) mass is 367 g/mol. The molecule has 0 spiro atoms. The van der Waals surface area contributed by atoms with Crippen LogP contribution in [0.1, 0.15) is 9.67 Å². The molecule has 0 aromatic carbocycles. The number of rotatable bonds is 3. The van der Waals surface area contributed by atoms with Gasteiger partial charge in [0.1, 0.15) is 0 Å². The predicted molar refractivity (Wildman–Crippen MR) is 81.0 cm³/mol. The van der Waals surface area contributed by atoms with Gasteiger partial charge in [-0.25, -0.2) is 0 Å². The van der Waals surface area contributed by atoms with Crippen molar-refractivity contribution >= 4 is 51.5 Å². The number of carbonyl (C=O) groups is 2. The Morgan fingerprint density at radius 2 is 2.05 bits per heavy atom. The van der Waals surface area contributed by atoms with Gasteiger partial charge in [0.25, 0.3) is 5.91 Å². The highest BCUT2D eigenvalue weighted by atomic mass is 79.9. The third kappa shape index (κ3) is 4.76. The van der Waals surface area contributed by atoms with E-state index in [1.807, 2.05) is 6.07 Å². The van der Waals surface area contributed by atoms with Crippen molar-refractivity contribution in [2.24, 2.45) is 0 Å². The SMILES string of the molecule is Cl.O=C(NCC(=O)N1CCNCC1)c1ccc(Br)s1. The molecule has 1 aromatic heterocycles. The lowest BCUT2D eigenvalue weighted by Crippen LogP contribution is -2.49. The summed E-state index contributed by atoms with van der Waals surface area (Å²) in [4.78, 5) is 25.9. The van der Waals surface area contributed by atoms with Crippen molar-refractivity contribution < 1.29 is 9.59 Å². The Balaban J connectivity index is 0.00000180. The van der Waals surface area contributed by atoms with Gasteiger partial charge >= 0.3 is 0 Å². The number of amides is 2. The highest BCUT2D eigenvalue weighted by molar-refractivity contribution is 9.11. The van der Waals surface area contributed by atoms with Gasteiger partial charge in [0, 0.05) is 26.2 Å². The first-order chi connectivity index (χ1) is 8.66. The molecule has 0 radical (unpaired) electrons. The molecular weight excluding hydrogens is 354 g/mol. The summed E-state index contributed by atoms with van der Waals surface area (Å²) in [5, 5.41) is 5.83. The molecule has 2 N–H and O–H groups in total. The normalized spacial score (nSPS) is 14.7. The van der Waals surface area contributed by atoms with Gasteiger partial charge in [0.2, 0.25) is 5.91 Å². The molecule has 0 bridgehead atoms. The number of halogens is 2. The number of thiophene rings is 1. The Morgan fingerprint density at radius 3 is 2.63 bits per heavy atom. The molecule has 0 unspecified atom stereocenters. The van der Waals surface area contributed by atoms with Crippen LogP contribution in [0.25, 0.3) is 0 Å². The zero-order chi connectivity index (χ0) is 13.0. The molecule has 8 heteroatoms. The maximum atomic E-state index is 11.8. The summed E-state index contributed by atoms with van der Waals surface area (Å²) in [7, 11) is 0. The summed E-state index contributed by atoms with van der Waals surface area (Å²) in [5.74, 6) is -0.227. The van der Waals surface area contributed by atoms with E-state index in [1.165, 1.54) is 11.3 Å². The molecule has 0 aliphatic carbocycles. The first kappa shape index (κ1) is 16.4. The first-order valence-electron chi connectivity index (χ1n) is 5.69. The van der Waals surface area contributed by atoms with E-state index < -0.39 is 0 Å². The summed E-state index contributed by atoms with van der Waals surface area (Å²) in [6.07, 6.45) is 0. The second kappa shape index (κ2) is 7.84. The number of nitrogens with one attached hydrogen (secondary N) is 2. The van der Waals surface area contributed by atoms with Crippen molar-refractivity contribution in [3.8, 4) is 0 Å². The minimum atomic E-state index is -0.200. The topological polar surface area (TPSA) is 61.4 Å².